The Labute approximate surface area is 105 Å². The lowest BCUT2D eigenvalue weighted by molar-refractivity contribution is -0.141. The molecule has 5 N–H and O–H groups in total. The van der Waals surface area contributed by atoms with E-state index in [9.17, 15) is 13.2 Å². The Morgan fingerprint density at radius 3 is 2.56 bits per heavy atom. The van der Waals surface area contributed by atoms with Crippen LogP contribution in [0, 0.1) is 0 Å². The van der Waals surface area contributed by atoms with Crippen molar-refractivity contribution in [2.24, 2.45) is 5.14 Å². The Bertz CT molecular complexity index is 556. The van der Waals surface area contributed by atoms with Crippen LogP contribution < -0.4 is 16.2 Å². The number of primary sulfonamides is 1. The molecule has 1 unspecified atom stereocenters. The number of esters is 1. The summed E-state index contributed by atoms with van der Waals surface area (Å²) in [5.74, 6) is -0.521. The van der Waals surface area contributed by atoms with Crippen molar-refractivity contribution in [3.8, 4) is 0 Å². The van der Waals surface area contributed by atoms with E-state index in [0.29, 0.717) is 0 Å². The van der Waals surface area contributed by atoms with Gasteiger partial charge in [0.1, 0.15) is 10.9 Å². The van der Waals surface area contributed by atoms with Gasteiger partial charge in [-0.05, 0) is 25.1 Å². The van der Waals surface area contributed by atoms with Gasteiger partial charge in [0, 0.05) is 5.69 Å². The highest BCUT2D eigenvalue weighted by atomic mass is 32.2. The third-order valence-electron chi connectivity index (χ3n) is 2.24. The first-order chi connectivity index (χ1) is 8.25. The second-order valence-electron chi connectivity index (χ2n) is 3.69. The summed E-state index contributed by atoms with van der Waals surface area (Å²) in [6.07, 6.45) is 0. The summed E-state index contributed by atoms with van der Waals surface area (Å²) in [4.78, 5) is 11.1. The minimum Gasteiger partial charge on any atom is -0.467 e. The van der Waals surface area contributed by atoms with Gasteiger partial charge in [-0.1, -0.05) is 0 Å². The highest BCUT2D eigenvalue weighted by molar-refractivity contribution is 7.89. The van der Waals surface area contributed by atoms with Crippen LogP contribution in [0.2, 0.25) is 0 Å². The molecule has 0 aliphatic rings. The van der Waals surface area contributed by atoms with Gasteiger partial charge < -0.3 is 15.8 Å². The number of sulfonamides is 1. The zero-order chi connectivity index (χ0) is 13.9. The summed E-state index contributed by atoms with van der Waals surface area (Å²) < 4.78 is 27.3. The van der Waals surface area contributed by atoms with Crippen molar-refractivity contribution in [3.63, 3.8) is 0 Å². The molecule has 7 nitrogen and oxygen atoms in total. The average molecular weight is 273 g/mol. The van der Waals surface area contributed by atoms with Crippen LogP contribution in [-0.2, 0) is 19.6 Å². The molecule has 0 heterocycles. The van der Waals surface area contributed by atoms with Gasteiger partial charge in [-0.15, -0.1) is 0 Å². The van der Waals surface area contributed by atoms with Gasteiger partial charge in [0.05, 0.1) is 12.8 Å². The van der Waals surface area contributed by atoms with E-state index < -0.39 is 22.0 Å². The number of methoxy groups -OCH3 is 1. The van der Waals surface area contributed by atoms with Gasteiger partial charge in [-0.25, -0.2) is 18.4 Å². The molecule has 0 radical (unpaired) electrons. The van der Waals surface area contributed by atoms with E-state index in [4.69, 9.17) is 10.9 Å². The molecule has 0 amide bonds. The monoisotopic (exact) mass is 273 g/mol. The molecule has 0 fully saturated rings. The van der Waals surface area contributed by atoms with E-state index in [2.05, 4.69) is 10.1 Å². The molecule has 0 bridgehead atoms. The van der Waals surface area contributed by atoms with Crippen molar-refractivity contribution in [1.29, 1.82) is 0 Å². The van der Waals surface area contributed by atoms with Crippen LogP contribution in [0.3, 0.4) is 0 Å². The van der Waals surface area contributed by atoms with Crippen LogP contribution in [0.5, 0.6) is 0 Å². The van der Waals surface area contributed by atoms with Gasteiger partial charge in [0.25, 0.3) is 0 Å². The zero-order valence-electron chi connectivity index (χ0n) is 10.0. The number of nitrogens with one attached hydrogen (secondary N) is 1. The van der Waals surface area contributed by atoms with Gasteiger partial charge in [-0.3, -0.25) is 0 Å². The van der Waals surface area contributed by atoms with Crippen molar-refractivity contribution in [3.05, 3.63) is 18.2 Å². The third kappa shape index (κ3) is 3.34. The van der Waals surface area contributed by atoms with E-state index in [0.717, 1.165) is 0 Å². The number of rotatable bonds is 4. The van der Waals surface area contributed by atoms with Crippen LogP contribution in [0.1, 0.15) is 6.92 Å². The van der Waals surface area contributed by atoms with Crippen LogP contribution in [0.4, 0.5) is 11.4 Å². The van der Waals surface area contributed by atoms with Crippen molar-refractivity contribution in [2.45, 2.75) is 17.9 Å². The van der Waals surface area contributed by atoms with Gasteiger partial charge in [0.2, 0.25) is 10.0 Å². The number of carbonyl (C=O) groups is 1. The Morgan fingerprint density at radius 2 is 2.06 bits per heavy atom. The Kier molecular flexibility index (Phi) is 4.15. The first-order valence-electron chi connectivity index (χ1n) is 5.02. The minimum atomic E-state index is -3.93. The highest BCUT2D eigenvalue weighted by Gasteiger charge is 2.19. The molecule has 1 rings (SSSR count). The summed E-state index contributed by atoms with van der Waals surface area (Å²) in [5, 5.41) is 7.78. The number of nitrogen functional groups attached to an aromatic ring is 1. The summed E-state index contributed by atoms with van der Waals surface area (Å²) in [5.41, 5.74) is 5.96. The summed E-state index contributed by atoms with van der Waals surface area (Å²) in [6.45, 7) is 1.54. The summed E-state index contributed by atoms with van der Waals surface area (Å²) >= 11 is 0. The SMILES string of the molecule is COC(=O)C(C)Nc1ccc(N)cc1S(N)(=O)=O. The fraction of sp³-hybridized carbons (Fsp3) is 0.300. The minimum absolute atomic E-state index is 0.168. The van der Waals surface area contributed by atoms with Crippen LogP contribution in [-0.4, -0.2) is 27.5 Å². The molecule has 0 saturated heterocycles. The van der Waals surface area contributed by atoms with E-state index in [1.807, 2.05) is 0 Å². The molecule has 1 aromatic carbocycles. The molecule has 0 aliphatic carbocycles. The lowest BCUT2D eigenvalue weighted by Crippen LogP contribution is -2.28. The van der Waals surface area contributed by atoms with Gasteiger partial charge in [-0.2, -0.15) is 0 Å². The predicted molar refractivity (Wildman–Crippen MR) is 67.3 cm³/mol. The first kappa shape index (κ1) is 14.3. The Hall–Kier alpha value is -1.80. The van der Waals surface area contributed by atoms with Crippen molar-refractivity contribution in [2.75, 3.05) is 18.2 Å². The van der Waals surface area contributed by atoms with Crippen LogP contribution >= 0.6 is 0 Å². The molecular weight excluding hydrogens is 258 g/mol. The van der Waals surface area contributed by atoms with Gasteiger partial charge >= 0.3 is 5.97 Å². The number of ether oxygens (including phenoxy) is 1. The number of hydrogen-bond donors (Lipinski definition) is 3. The lowest BCUT2D eigenvalue weighted by Gasteiger charge is -2.15. The topological polar surface area (TPSA) is 125 Å². The fourth-order valence-corrected chi connectivity index (χ4v) is 2.10. The number of nitrogens with two attached hydrogens (primary N) is 2. The Morgan fingerprint density at radius 1 is 1.44 bits per heavy atom. The number of benzene rings is 1. The quantitative estimate of drug-likeness (QED) is 0.519. The number of hydrogen-bond acceptors (Lipinski definition) is 6. The van der Waals surface area contributed by atoms with Crippen molar-refractivity contribution < 1.29 is 17.9 Å². The lowest BCUT2D eigenvalue weighted by atomic mass is 10.2. The first-order valence-corrected chi connectivity index (χ1v) is 6.57. The predicted octanol–water partition coefficient (Wildman–Crippen LogP) is -0.110. The Balaban J connectivity index is 3.14. The molecule has 1 aromatic rings. The molecule has 0 saturated carbocycles. The van der Waals surface area contributed by atoms with Crippen molar-refractivity contribution >= 4 is 27.4 Å². The second-order valence-corrected chi connectivity index (χ2v) is 5.22. The van der Waals surface area contributed by atoms with E-state index >= 15 is 0 Å². The smallest absolute Gasteiger partial charge is 0.327 e. The average Bonchev–Trinajstić information content (AvgIpc) is 2.28. The fourth-order valence-electron chi connectivity index (χ4n) is 1.36. The van der Waals surface area contributed by atoms with E-state index in [-0.39, 0.29) is 16.3 Å². The maximum absolute atomic E-state index is 11.4. The van der Waals surface area contributed by atoms with E-state index in [1.165, 1.54) is 32.2 Å². The molecule has 18 heavy (non-hydrogen) atoms. The molecule has 0 aliphatic heterocycles. The van der Waals surface area contributed by atoms with Crippen LogP contribution in [0.25, 0.3) is 0 Å². The normalized spacial score (nSPS) is 12.8. The number of anilines is 2. The largest absolute Gasteiger partial charge is 0.467 e. The second kappa shape index (κ2) is 5.23. The summed E-state index contributed by atoms with van der Waals surface area (Å²) in [7, 11) is -2.69. The maximum Gasteiger partial charge on any atom is 0.327 e. The van der Waals surface area contributed by atoms with Crippen LogP contribution in [0.15, 0.2) is 23.1 Å². The zero-order valence-corrected chi connectivity index (χ0v) is 10.8. The van der Waals surface area contributed by atoms with E-state index in [1.54, 1.807) is 0 Å². The molecular formula is C10H15N3O4S. The molecule has 0 spiro atoms. The summed E-state index contributed by atoms with van der Waals surface area (Å²) in [6, 6.07) is 3.45. The molecule has 1 atom stereocenters. The molecule has 0 aromatic heterocycles. The molecule has 100 valence electrons. The third-order valence-corrected chi connectivity index (χ3v) is 3.19. The highest BCUT2D eigenvalue weighted by Crippen LogP contribution is 2.23. The van der Waals surface area contributed by atoms with Gasteiger partial charge in [0.15, 0.2) is 0 Å². The maximum atomic E-state index is 11.4. The molecule has 8 heteroatoms. The standard InChI is InChI=1S/C10H15N3O4S/c1-6(10(14)17-2)13-8-4-3-7(11)5-9(8)18(12,15)16/h3-6,13H,11H2,1-2H3,(H2,12,15,16). The van der Waals surface area contributed by atoms with Crippen molar-refractivity contribution in [1.82, 2.24) is 0 Å². The number of carbonyl (C=O) groups excluding carboxylic acids is 1.